The van der Waals surface area contributed by atoms with Crippen LogP contribution >= 0.6 is 35.6 Å². The number of thiocarbonyl (C=S) groups is 1. The minimum absolute atomic E-state index is 0.684. The zero-order chi connectivity index (χ0) is 15.1. The molecule has 0 aliphatic rings. The molecule has 0 heterocycles. The van der Waals surface area contributed by atoms with Crippen LogP contribution in [0.3, 0.4) is 0 Å². The largest absolute Gasteiger partial charge is 0.376 e. The van der Waals surface area contributed by atoms with Gasteiger partial charge in [-0.2, -0.15) is 0 Å². The average molecular weight is 334 g/mol. The lowest BCUT2D eigenvalue weighted by molar-refractivity contribution is 0.858. The lowest BCUT2D eigenvalue weighted by Crippen LogP contribution is -2.12. The third-order valence-electron chi connectivity index (χ3n) is 2.95. The van der Waals surface area contributed by atoms with Gasteiger partial charge in [-0.15, -0.1) is 11.8 Å². The molecule has 0 atom stereocenters. The SMILES string of the molecule is CS/C(=C/C(=S)c1ccccc1)NCc1ccccc1Cl. The summed E-state index contributed by atoms with van der Waals surface area (Å²) in [5.74, 6) is 0. The van der Waals surface area contributed by atoms with Crippen molar-refractivity contribution in [3.8, 4) is 0 Å². The molecule has 0 spiro atoms. The van der Waals surface area contributed by atoms with Crippen LogP contribution in [0.15, 0.2) is 65.7 Å². The fraction of sp³-hybridized carbons (Fsp3) is 0.118. The Bertz CT molecular complexity index is 638. The highest BCUT2D eigenvalue weighted by atomic mass is 35.5. The molecule has 2 aromatic carbocycles. The molecule has 0 aliphatic carbocycles. The van der Waals surface area contributed by atoms with Crippen molar-refractivity contribution in [3.63, 3.8) is 0 Å². The summed E-state index contributed by atoms with van der Waals surface area (Å²) in [6.45, 7) is 0.684. The molecule has 2 rings (SSSR count). The van der Waals surface area contributed by atoms with Gasteiger partial charge in [0.2, 0.25) is 0 Å². The molecular formula is C17H16ClNS2. The van der Waals surface area contributed by atoms with Crippen LogP contribution in [0.4, 0.5) is 0 Å². The highest BCUT2D eigenvalue weighted by molar-refractivity contribution is 8.02. The zero-order valence-corrected chi connectivity index (χ0v) is 14.1. The van der Waals surface area contributed by atoms with Gasteiger partial charge in [0.05, 0.1) is 5.03 Å². The van der Waals surface area contributed by atoms with Crippen LogP contribution in [-0.4, -0.2) is 11.1 Å². The Labute approximate surface area is 140 Å². The molecule has 1 nitrogen and oxygen atoms in total. The molecule has 0 bridgehead atoms. The summed E-state index contributed by atoms with van der Waals surface area (Å²) in [6.07, 6.45) is 4.02. The first kappa shape index (κ1) is 16.1. The standard InChI is InChI=1S/C17H16ClNS2/c1-21-17(11-16(20)13-7-3-2-4-8-13)19-12-14-9-5-6-10-15(14)18/h2-11,19H,12H2,1H3/b17-11+. The first-order chi connectivity index (χ1) is 10.2. The molecule has 108 valence electrons. The molecule has 0 unspecified atom stereocenters. The smallest absolute Gasteiger partial charge is 0.0696 e. The van der Waals surface area contributed by atoms with E-state index < -0.39 is 0 Å². The third kappa shape index (κ3) is 4.88. The maximum atomic E-state index is 6.16. The summed E-state index contributed by atoms with van der Waals surface area (Å²) >= 11 is 13.3. The van der Waals surface area contributed by atoms with Gasteiger partial charge in [-0.25, -0.2) is 0 Å². The van der Waals surface area contributed by atoms with Gasteiger partial charge in [0.25, 0.3) is 0 Å². The van der Waals surface area contributed by atoms with Crippen LogP contribution in [0.2, 0.25) is 5.02 Å². The van der Waals surface area contributed by atoms with E-state index in [0.717, 1.165) is 26.0 Å². The molecule has 0 radical (unpaired) electrons. The summed E-state index contributed by atoms with van der Waals surface area (Å²) in [4.78, 5) is 0.826. The normalized spacial score (nSPS) is 11.2. The van der Waals surface area contributed by atoms with Gasteiger partial charge in [-0.3, -0.25) is 0 Å². The average Bonchev–Trinajstić information content (AvgIpc) is 2.53. The lowest BCUT2D eigenvalue weighted by Gasteiger charge is -2.10. The molecule has 0 fully saturated rings. The number of benzene rings is 2. The second kappa shape index (κ2) is 8.23. The molecular weight excluding hydrogens is 318 g/mol. The Morgan fingerprint density at radius 3 is 2.48 bits per heavy atom. The van der Waals surface area contributed by atoms with Gasteiger partial charge in [-0.1, -0.05) is 72.3 Å². The van der Waals surface area contributed by atoms with Crippen LogP contribution in [-0.2, 0) is 6.54 Å². The maximum Gasteiger partial charge on any atom is 0.0696 e. The van der Waals surface area contributed by atoms with E-state index >= 15 is 0 Å². The number of nitrogens with one attached hydrogen (secondary N) is 1. The Balaban J connectivity index is 2.05. The molecule has 0 aliphatic heterocycles. The molecule has 0 saturated carbocycles. The zero-order valence-electron chi connectivity index (χ0n) is 11.7. The monoisotopic (exact) mass is 333 g/mol. The van der Waals surface area contributed by atoms with E-state index in [1.54, 1.807) is 11.8 Å². The van der Waals surface area contributed by atoms with Crippen molar-refractivity contribution in [1.82, 2.24) is 5.32 Å². The van der Waals surface area contributed by atoms with Crippen LogP contribution in [0.5, 0.6) is 0 Å². The number of hydrogen-bond donors (Lipinski definition) is 1. The summed E-state index contributed by atoms with van der Waals surface area (Å²) in [5, 5.41) is 5.18. The van der Waals surface area contributed by atoms with E-state index in [4.69, 9.17) is 23.8 Å². The molecule has 0 amide bonds. The van der Waals surface area contributed by atoms with Gasteiger partial charge < -0.3 is 5.32 Å². The maximum absolute atomic E-state index is 6.16. The first-order valence-corrected chi connectivity index (χ1v) is 8.54. The van der Waals surface area contributed by atoms with Crippen molar-refractivity contribution in [2.75, 3.05) is 6.26 Å². The fourth-order valence-electron chi connectivity index (χ4n) is 1.81. The fourth-order valence-corrected chi connectivity index (χ4v) is 2.79. The molecule has 4 heteroatoms. The van der Waals surface area contributed by atoms with Crippen molar-refractivity contribution in [2.24, 2.45) is 0 Å². The molecule has 0 aromatic heterocycles. The van der Waals surface area contributed by atoms with Crippen molar-refractivity contribution in [3.05, 3.63) is 81.9 Å². The number of halogens is 1. The summed E-state index contributed by atoms with van der Waals surface area (Å²) in [5.41, 5.74) is 2.13. The van der Waals surface area contributed by atoms with E-state index in [1.165, 1.54) is 0 Å². The minimum atomic E-state index is 0.684. The summed E-state index contributed by atoms with van der Waals surface area (Å²) < 4.78 is 0. The van der Waals surface area contributed by atoms with E-state index in [-0.39, 0.29) is 0 Å². The van der Waals surface area contributed by atoms with Crippen LogP contribution < -0.4 is 5.32 Å². The second-order valence-corrected chi connectivity index (χ2v) is 6.08. The predicted octanol–water partition coefficient (Wildman–Crippen LogP) is 5.05. The Morgan fingerprint density at radius 2 is 1.81 bits per heavy atom. The van der Waals surface area contributed by atoms with Crippen LogP contribution in [0, 0.1) is 0 Å². The quantitative estimate of drug-likeness (QED) is 0.451. The second-order valence-electron chi connectivity index (χ2n) is 4.39. The first-order valence-electron chi connectivity index (χ1n) is 6.53. The third-order valence-corrected chi connectivity index (χ3v) is 4.38. The molecule has 0 saturated heterocycles. The van der Waals surface area contributed by atoms with Crippen molar-refractivity contribution < 1.29 is 0 Å². The number of hydrogen-bond acceptors (Lipinski definition) is 3. The van der Waals surface area contributed by atoms with Gasteiger partial charge in [0, 0.05) is 16.4 Å². The Hall–Kier alpha value is -1.29. The molecule has 2 aromatic rings. The summed E-state index contributed by atoms with van der Waals surface area (Å²) in [7, 11) is 0. The van der Waals surface area contributed by atoms with E-state index in [0.29, 0.717) is 6.54 Å². The van der Waals surface area contributed by atoms with Crippen molar-refractivity contribution in [2.45, 2.75) is 6.54 Å². The molecule has 1 N–H and O–H groups in total. The van der Waals surface area contributed by atoms with Gasteiger partial charge in [0.1, 0.15) is 0 Å². The Kier molecular flexibility index (Phi) is 6.30. The number of rotatable bonds is 6. The van der Waals surface area contributed by atoms with Gasteiger partial charge in [0.15, 0.2) is 0 Å². The van der Waals surface area contributed by atoms with Crippen LogP contribution in [0.25, 0.3) is 0 Å². The Morgan fingerprint density at radius 1 is 1.14 bits per heavy atom. The lowest BCUT2D eigenvalue weighted by atomic mass is 10.1. The van der Waals surface area contributed by atoms with E-state index in [2.05, 4.69) is 5.32 Å². The van der Waals surface area contributed by atoms with Gasteiger partial charge >= 0.3 is 0 Å². The van der Waals surface area contributed by atoms with E-state index in [1.807, 2.05) is 66.9 Å². The highest BCUT2D eigenvalue weighted by Gasteiger charge is 2.03. The van der Waals surface area contributed by atoms with Gasteiger partial charge in [-0.05, 0) is 29.5 Å². The van der Waals surface area contributed by atoms with Crippen molar-refractivity contribution in [1.29, 1.82) is 0 Å². The van der Waals surface area contributed by atoms with E-state index in [9.17, 15) is 0 Å². The van der Waals surface area contributed by atoms with Crippen LogP contribution in [0.1, 0.15) is 11.1 Å². The number of allylic oxidation sites excluding steroid dienone is 1. The molecule has 21 heavy (non-hydrogen) atoms. The minimum Gasteiger partial charge on any atom is -0.376 e. The topological polar surface area (TPSA) is 12.0 Å². The highest BCUT2D eigenvalue weighted by Crippen LogP contribution is 2.17. The number of thioether (sulfide) groups is 1. The predicted molar refractivity (Wildman–Crippen MR) is 98.0 cm³/mol. The summed E-state index contributed by atoms with van der Waals surface area (Å²) in [6, 6.07) is 17.8. The van der Waals surface area contributed by atoms with Crippen molar-refractivity contribution >= 4 is 40.4 Å².